The van der Waals surface area contributed by atoms with Crippen LogP contribution in [-0.2, 0) is 16.9 Å². The molecule has 4 nitrogen and oxygen atoms in total. The van der Waals surface area contributed by atoms with Crippen molar-refractivity contribution in [3.8, 4) is 6.07 Å². The Kier molecular flexibility index (Phi) is 6.27. The number of amides is 1. The first-order chi connectivity index (χ1) is 15.9. The highest BCUT2D eigenvalue weighted by atomic mass is 32.2. The summed E-state index contributed by atoms with van der Waals surface area (Å²) in [6.45, 7) is 0.996. The fraction of sp³-hybridized carbons (Fsp3) is 0.417. The molecule has 34 heavy (non-hydrogen) atoms. The quantitative estimate of drug-likeness (QED) is 0.520. The minimum Gasteiger partial charge on any atom is -0.358 e. The van der Waals surface area contributed by atoms with E-state index in [0.717, 1.165) is 19.1 Å². The van der Waals surface area contributed by atoms with Gasteiger partial charge >= 0.3 is 6.18 Å². The van der Waals surface area contributed by atoms with E-state index in [0.29, 0.717) is 17.7 Å². The van der Waals surface area contributed by atoms with Crippen LogP contribution in [0.5, 0.6) is 0 Å². The van der Waals surface area contributed by atoms with Crippen LogP contribution in [0, 0.1) is 11.3 Å². The van der Waals surface area contributed by atoms with Gasteiger partial charge in [-0.15, -0.1) is 11.8 Å². The lowest BCUT2D eigenvalue weighted by Gasteiger charge is -2.27. The molecule has 1 heterocycles. The van der Waals surface area contributed by atoms with Crippen LogP contribution in [-0.4, -0.2) is 29.3 Å². The van der Waals surface area contributed by atoms with E-state index in [9.17, 15) is 32.0 Å². The van der Waals surface area contributed by atoms with Crippen molar-refractivity contribution in [1.82, 2.24) is 5.32 Å². The van der Waals surface area contributed by atoms with Crippen LogP contribution in [0.3, 0.4) is 0 Å². The predicted molar refractivity (Wildman–Crippen MR) is 119 cm³/mol. The number of carbonyl (C=O) groups is 1. The van der Waals surface area contributed by atoms with E-state index >= 15 is 0 Å². The maximum absolute atomic E-state index is 14.1. The van der Waals surface area contributed by atoms with Crippen LogP contribution in [0.2, 0.25) is 0 Å². The Hall–Kier alpha value is -2.80. The van der Waals surface area contributed by atoms with Gasteiger partial charge in [0.15, 0.2) is 0 Å². The monoisotopic (exact) mass is 495 g/mol. The summed E-state index contributed by atoms with van der Waals surface area (Å²) in [5.41, 5.74) is -1.69. The number of hydrogen-bond acceptors (Lipinski definition) is 4. The molecule has 2 unspecified atom stereocenters. The fourth-order valence-electron chi connectivity index (χ4n) is 4.10. The number of nitrogens with one attached hydrogen (secondary N) is 1. The van der Waals surface area contributed by atoms with Crippen LogP contribution < -0.4 is 10.2 Å². The molecule has 10 heteroatoms. The number of alkyl halides is 5. The highest BCUT2D eigenvalue weighted by Crippen LogP contribution is 2.42. The largest absolute Gasteiger partial charge is 0.416 e. The van der Waals surface area contributed by atoms with E-state index in [1.54, 1.807) is 17.0 Å². The molecule has 0 spiro atoms. The Morgan fingerprint density at radius 1 is 1.15 bits per heavy atom. The highest BCUT2D eigenvalue weighted by Gasteiger charge is 2.48. The third kappa shape index (κ3) is 5.14. The molecular weight excluding hydrogens is 473 g/mol. The van der Waals surface area contributed by atoms with Crippen molar-refractivity contribution in [2.75, 3.05) is 11.4 Å². The molecule has 0 radical (unpaired) electrons. The summed E-state index contributed by atoms with van der Waals surface area (Å²) in [6.07, 6.45) is -3.28. The molecule has 0 bridgehead atoms. The van der Waals surface area contributed by atoms with Gasteiger partial charge in [-0.1, -0.05) is 24.3 Å². The molecule has 4 rings (SSSR count). The lowest BCUT2D eigenvalue weighted by molar-refractivity contribution is -0.137. The molecular formula is C24H22F5N3OS. The lowest BCUT2D eigenvalue weighted by Crippen LogP contribution is -2.47. The molecule has 2 aromatic carbocycles. The number of nitrogens with zero attached hydrogens (tertiary/aromatic N) is 2. The molecule has 1 N–H and O–H groups in total. The summed E-state index contributed by atoms with van der Waals surface area (Å²) in [7, 11) is 0. The fourth-order valence-corrected chi connectivity index (χ4v) is 5.50. The Bertz CT molecular complexity index is 1120. The molecule has 180 valence electrons. The number of halogens is 5. The topological polar surface area (TPSA) is 56.1 Å². The zero-order valence-electron chi connectivity index (χ0n) is 18.2. The van der Waals surface area contributed by atoms with E-state index in [4.69, 9.17) is 0 Å². The van der Waals surface area contributed by atoms with Crippen LogP contribution in [0.4, 0.5) is 27.6 Å². The van der Waals surface area contributed by atoms with Gasteiger partial charge in [0.2, 0.25) is 5.91 Å². The van der Waals surface area contributed by atoms with Gasteiger partial charge in [0.25, 0.3) is 5.92 Å². The second-order valence-corrected chi connectivity index (χ2v) is 10.1. The standard InChI is InChI=1S/C24H22F5N3OS/c1-22(25,26)18-7-2-3-8-20(18)34-17-12-19(21(33)31-23(14-30)9-10-23)32(13-17)16-6-4-5-15(11-16)24(27,28)29/h2-8,11,17,19H,9-10,12-13H2,1H3,(H,31,33). The molecule has 1 aliphatic carbocycles. The van der Waals surface area contributed by atoms with Gasteiger partial charge in [-0.25, -0.2) is 8.78 Å². The number of benzene rings is 2. The average molecular weight is 496 g/mol. The third-order valence-electron chi connectivity index (χ3n) is 6.05. The Morgan fingerprint density at radius 3 is 2.47 bits per heavy atom. The summed E-state index contributed by atoms with van der Waals surface area (Å²) in [4.78, 5) is 15.0. The van der Waals surface area contributed by atoms with Crippen molar-refractivity contribution in [3.05, 3.63) is 59.7 Å². The molecule has 2 atom stereocenters. The minimum absolute atomic E-state index is 0.139. The normalized spacial score (nSPS) is 21.7. The van der Waals surface area contributed by atoms with Gasteiger partial charge in [0, 0.05) is 34.9 Å². The molecule has 2 fully saturated rings. The van der Waals surface area contributed by atoms with E-state index in [2.05, 4.69) is 11.4 Å². The van der Waals surface area contributed by atoms with Crippen LogP contribution in [0.1, 0.15) is 37.3 Å². The minimum atomic E-state index is -4.55. The first kappa shape index (κ1) is 24.3. The molecule has 1 saturated heterocycles. The number of carbonyl (C=O) groups excluding carboxylic acids is 1. The van der Waals surface area contributed by atoms with E-state index in [1.165, 1.54) is 36.0 Å². The van der Waals surface area contributed by atoms with Gasteiger partial charge in [-0.2, -0.15) is 18.4 Å². The van der Waals surface area contributed by atoms with Crippen molar-refractivity contribution in [1.29, 1.82) is 5.26 Å². The number of rotatable bonds is 6. The maximum atomic E-state index is 14.1. The zero-order chi connectivity index (χ0) is 24.7. The number of anilines is 1. The molecule has 1 aliphatic heterocycles. The third-order valence-corrected chi connectivity index (χ3v) is 7.34. The summed E-state index contributed by atoms with van der Waals surface area (Å²) in [5, 5.41) is 11.7. The summed E-state index contributed by atoms with van der Waals surface area (Å²) in [5.74, 6) is -3.51. The van der Waals surface area contributed by atoms with Gasteiger partial charge in [-0.05, 0) is 43.5 Å². The first-order valence-electron chi connectivity index (χ1n) is 10.7. The number of thioether (sulfide) groups is 1. The second kappa shape index (κ2) is 8.77. The van der Waals surface area contributed by atoms with Crippen molar-refractivity contribution in [2.24, 2.45) is 0 Å². The van der Waals surface area contributed by atoms with E-state index in [-0.39, 0.29) is 29.5 Å². The molecule has 1 saturated carbocycles. The maximum Gasteiger partial charge on any atom is 0.416 e. The van der Waals surface area contributed by atoms with Crippen molar-refractivity contribution < 1.29 is 26.7 Å². The van der Waals surface area contributed by atoms with E-state index < -0.39 is 35.2 Å². The predicted octanol–water partition coefficient (Wildman–Crippen LogP) is 5.73. The second-order valence-electron chi connectivity index (χ2n) is 8.76. The SMILES string of the molecule is CC(F)(F)c1ccccc1SC1CC(C(=O)NC2(C#N)CC2)N(c2cccc(C(F)(F)F)c2)C1. The van der Waals surface area contributed by atoms with Crippen LogP contribution in [0.25, 0.3) is 0 Å². The molecule has 2 aliphatic rings. The summed E-state index contributed by atoms with van der Waals surface area (Å²) in [6, 6.07) is 12.0. The Labute approximate surface area is 198 Å². The highest BCUT2D eigenvalue weighted by molar-refractivity contribution is 8.00. The molecule has 2 aromatic rings. The van der Waals surface area contributed by atoms with Gasteiger partial charge in [0.05, 0.1) is 11.6 Å². The van der Waals surface area contributed by atoms with Gasteiger partial charge in [-0.3, -0.25) is 4.79 Å². The van der Waals surface area contributed by atoms with Gasteiger partial charge in [0.1, 0.15) is 11.6 Å². The first-order valence-corrected chi connectivity index (χ1v) is 11.6. The van der Waals surface area contributed by atoms with Gasteiger partial charge < -0.3 is 10.2 Å². The Morgan fingerprint density at radius 2 is 1.85 bits per heavy atom. The van der Waals surface area contributed by atoms with Crippen LogP contribution >= 0.6 is 11.8 Å². The van der Waals surface area contributed by atoms with Crippen molar-refractivity contribution in [3.63, 3.8) is 0 Å². The molecule has 0 aromatic heterocycles. The number of hydrogen-bond donors (Lipinski definition) is 1. The summed E-state index contributed by atoms with van der Waals surface area (Å²) >= 11 is 1.18. The zero-order valence-corrected chi connectivity index (χ0v) is 19.0. The summed E-state index contributed by atoms with van der Waals surface area (Å²) < 4.78 is 68.1. The Balaban J connectivity index is 1.63. The van der Waals surface area contributed by atoms with Crippen molar-refractivity contribution in [2.45, 2.75) is 60.0 Å². The lowest BCUT2D eigenvalue weighted by atomic mass is 10.1. The number of nitriles is 1. The average Bonchev–Trinajstić information content (AvgIpc) is 3.42. The smallest absolute Gasteiger partial charge is 0.358 e. The van der Waals surface area contributed by atoms with Crippen LogP contribution in [0.15, 0.2) is 53.4 Å². The molecule has 1 amide bonds. The van der Waals surface area contributed by atoms with Crippen molar-refractivity contribution >= 4 is 23.4 Å². The van der Waals surface area contributed by atoms with E-state index in [1.807, 2.05) is 0 Å².